The van der Waals surface area contributed by atoms with Gasteiger partial charge in [-0.2, -0.15) is 4.31 Å². The lowest BCUT2D eigenvalue weighted by Gasteiger charge is -2.34. The number of carbonyl (C=O) groups excluding carboxylic acids is 1. The first kappa shape index (κ1) is 21.2. The van der Waals surface area contributed by atoms with E-state index < -0.39 is 10.0 Å². The molecular weight excluding hydrogens is 382 g/mol. The summed E-state index contributed by atoms with van der Waals surface area (Å²) in [5.41, 5.74) is 1.13. The molecule has 0 aromatic heterocycles. The molecule has 0 bridgehead atoms. The van der Waals surface area contributed by atoms with Gasteiger partial charge in [-0.05, 0) is 38.5 Å². The zero-order valence-electron chi connectivity index (χ0n) is 16.7. The van der Waals surface area contributed by atoms with Gasteiger partial charge in [-0.1, -0.05) is 6.07 Å². The third-order valence-electron chi connectivity index (χ3n) is 5.24. The Morgan fingerprint density at radius 1 is 1.21 bits per heavy atom. The highest BCUT2D eigenvalue weighted by atomic mass is 32.2. The van der Waals surface area contributed by atoms with Gasteiger partial charge < -0.3 is 14.8 Å². The first-order valence-electron chi connectivity index (χ1n) is 9.64. The largest absolute Gasteiger partial charge is 0.379 e. The molecule has 2 aliphatic heterocycles. The van der Waals surface area contributed by atoms with Crippen molar-refractivity contribution in [2.24, 2.45) is 0 Å². The van der Waals surface area contributed by atoms with Crippen LogP contribution in [0.25, 0.3) is 0 Å². The zero-order chi connectivity index (χ0) is 20.3. The molecule has 1 N–H and O–H groups in total. The molecule has 0 aliphatic carbocycles. The third kappa shape index (κ3) is 4.72. The van der Waals surface area contributed by atoms with Crippen LogP contribution in [0.3, 0.4) is 0 Å². The van der Waals surface area contributed by atoms with Crippen LogP contribution in [-0.4, -0.2) is 81.7 Å². The molecule has 8 nitrogen and oxygen atoms in total. The summed E-state index contributed by atoms with van der Waals surface area (Å²) in [5, 5.41) is 2.87. The first-order chi connectivity index (χ1) is 13.3. The minimum atomic E-state index is -3.62. The lowest BCUT2D eigenvalue weighted by atomic mass is 10.2. The normalized spacial score (nSPS) is 23.3. The molecule has 1 amide bonds. The highest BCUT2D eigenvalue weighted by Crippen LogP contribution is 2.24. The summed E-state index contributed by atoms with van der Waals surface area (Å²) >= 11 is 0. The van der Waals surface area contributed by atoms with Gasteiger partial charge in [0.05, 0.1) is 36.9 Å². The van der Waals surface area contributed by atoms with Crippen molar-refractivity contribution >= 4 is 21.6 Å². The smallest absolute Gasteiger partial charge is 0.243 e. The number of hydrogen-bond donors (Lipinski definition) is 1. The maximum Gasteiger partial charge on any atom is 0.243 e. The number of ether oxygens (including phenoxy) is 2. The van der Waals surface area contributed by atoms with Gasteiger partial charge in [0.25, 0.3) is 0 Å². The number of nitrogens with zero attached hydrogens (tertiary/aromatic N) is 2. The average Bonchev–Trinajstić information content (AvgIpc) is 2.69. The molecule has 2 fully saturated rings. The fourth-order valence-corrected chi connectivity index (χ4v) is 5.15. The fourth-order valence-electron chi connectivity index (χ4n) is 3.49. The zero-order valence-corrected chi connectivity index (χ0v) is 17.5. The van der Waals surface area contributed by atoms with Crippen LogP contribution in [0.2, 0.25) is 0 Å². The van der Waals surface area contributed by atoms with Crippen molar-refractivity contribution in [2.45, 2.75) is 37.8 Å². The predicted octanol–water partition coefficient (Wildman–Crippen LogP) is 1.06. The minimum Gasteiger partial charge on any atom is -0.379 e. The molecule has 1 aromatic carbocycles. The van der Waals surface area contributed by atoms with Gasteiger partial charge >= 0.3 is 0 Å². The van der Waals surface area contributed by atoms with Crippen molar-refractivity contribution in [1.82, 2.24) is 9.21 Å². The summed E-state index contributed by atoms with van der Waals surface area (Å²) in [5.74, 6) is -0.160. The molecular formula is C19H29N3O5S. The van der Waals surface area contributed by atoms with Gasteiger partial charge in [0.2, 0.25) is 15.9 Å². The Morgan fingerprint density at radius 3 is 2.61 bits per heavy atom. The van der Waals surface area contributed by atoms with Gasteiger partial charge in [0, 0.05) is 31.9 Å². The fraction of sp³-hybridized carbons (Fsp3) is 0.632. The number of hydrogen-bond acceptors (Lipinski definition) is 6. The second kappa shape index (κ2) is 8.87. The molecule has 2 aliphatic rings. The summed E-state index contributed by atoms with van der Waals surface area (Å²) in [4.78, 5) is 15.0. The van der Waals surface area contributed by atoms with E-state index in [1.54, 1.807) is 25.1 Å². The van der Waals surface area contributed by atoms with Gasteiger partial charge in [-0.25, -0.2) is 8.42 Å². The first-order valence-corrected chi connectivity index (χ1v) is 11.1. The van der Waals surface area contributed by atoms with Crippen LogP contribution < -0.4 is 5.32 Å². The van der Waals surface area contributed by atoms with Crippen molar-refractivity contribution in [3.8, 4) is 0 Å². The molecule has 2 heterocycles. The SMILES string of the molecule is Cc1ccc(NC(=O)[C@H](C)N2CCO[C@@H](C)C2)cc1S(=O)(=O)N1CCOCC1. The number of morpholine rings is 2. The van der Waals surface area contributed by atoms with Crippen molar-refractivity contribution in [2.75, 3.05) is 51.3 Å². The average molecular weight is 412 g/mol. The molecule has 0 saturated carbocycles. The highest BCUT2D eigenvalue weighted by molar-refractivity contribution is 7.89. The van der Waals surface area contributed by atoms with Crippen molar-refractivity contribution in [3.05, 3.63) is 23.8 Å². The Morgan fingerprint density at radius 2 is 1.93 bits per heavy atom. The maximum absolute atomic E-state index is 13.0. The molecule has 0 radical (unpaired) electrons. The Balaban J connectivity index is 1.74. The molecule has 3 rings (SSSR count). The van der Waals surface area contributed by atoms with E-state index in [-0.39, 0.29) is 22.9 Å². The van der Waals surface area contributed by atoms with Gasteiger partial charge in [-0.15, -0.1) is 0 Å². The summed E-state index contributed by atoms with van der Waals surface area (Å²) < 4.78 is 38.2. The monoisotopic (exact) mass is 411 g/mol. The quantitative estimate of drug-likeness (QED) is 0.780. The standard InChI is InChI=1S/C19H29N3O5S/c1-14-4-5-17(12-18(14)28(24,25)22-7-9-26-10-8-22)20-19(23)16(3)21-6-11-27-15(2)13-21/h4-5,12,15-16H,6-11,13H2,1-3H3,(H,20,23)/t15-,16-/m0/s1. The van der Waals surface area contributed by atoms with E-state index in [2.05, 4.69) is 10.2 Å². The van der Waals surface area contributed by atoms with Crippen molar-refractivity contribution in [1.29, 1.82) is 0 Å². The Hall–Kier alpha value is -1.52. The lowest BCUT2D eigenvalue weighted by Crippen LogP contribution is -2.50. The van der Waals surface area contributed by atoms with Crippen LogP contribution in [0.4, 0.5) is 5.69 Å². The molecule has 156 valence electrons. The van der Waals surface area contributed by atoms with Crippen LogP contribution >= 0.6 is 0 Å². The topological polar surface area (TPSA) is 88.2 Å². The van der Waals surface area contributed by atoms with E-state index in [1.807, 2.05) is 13.8 Å². The molecule has 0 spiro atoms. The van der Waals surface area contributed by atoms with Crippen LogP contribution in [0.1, 0.15) is 19.4 Å². The minimum absolute atomic E-state index is 0.0913. The number of sulfonamides is 1. The molecule has 2 saturated heterocycles. The summed E-state index contributed by atoms with van der Waals surface area (Å²) in [6, 6.07) is 4.68. The summed E-state index contributed by atoms with van der Waals surface area (Å²) in [7, 11) is -3.62. The van der Waals surface area contributed by atoms with Crippen LogP contribution in [0, 0.1) is 6.92 Å². The lowest BCUT2D eigenvalue weighted by molar-refractivity contribution is -0.123. The van der Waals surface area contributed by atoms with E-state index in [0.29, 0.717) is 57.3 Å². The van der Waals surface area contributed by atoms with Gasteiger partial charge in [0.1, 0.15) is 0 Å². The van der Waals surface area contributed by atoms with Crippen molar-refractivity contribution < 1.29 is 22.7 Å². The molecule has 0 unspecified atom stereocenters. The van der Waals surface area contributed by atoms with E-state index in [0.717, 1.165) is 0 Å². The van der Waals surface area contributed by atoms with Crippen LogP contribution in [0.5, 0.6) is 0 Å². The summed E-state index contributed by atoms with van der Waals surface area (Å²) in [6.07, 6.45) is 0.0913. The predicted molar refractivity (Wildman–Crippen MR) is 106 cm³/mol. The molecule has 2 atom stereocenters. The number of rotatable bonds is 5. The van der Waals surface area contributed by atoms with Crippen LogP contribution in [0.15, 0.2) is 23.1 Å². The Kier molecular flexibility index (Phi) is 6.72. The van der Waals surface area contributed by atoms with Gasteiger partial charge in [0.15, 0.2) is 0 Å². The number of benzene rings is 1. The number of carbonyl (C=O) groups is 1. The van der Waals surface area contributed by atoms with Crippen LogP contribution in [-0.2, 0) is 24.3 Å². The number of amides is 1. The molecule has 1 aromatic rings. The van der Waals surface area contributed by atoms with E-state index in [9.17, 15) is 13.2 Å². The second-order valence-electron chi connectivity index (χ2n) is 7.34. The highest BCUT2D eigenvalue weighted by Gasteiger charge is 2.29. The van der Waals surface area contributed by atoms with Gasteiger partial charge in [-0.3, -0.25) is 9.69 Å². The van der Waals surface area contributed by atoms with E-state index in [1.165, 1.54) is 4.31 Å². The van der Waals surface area contributed by atoms with E-state index >= 15 is 0 Å². The molecule has 28 heavy (non-hydrogen) atoms. The maximum atomic E-state index is 13.0. The number of nitrogens with one attached hydrogen (secondary N) is 1. The number of aryl methyl sites for hydroxylation is 1. The van der Waals surface area contributed by atoms with E-state index in [4.69, 9.17) is 9.47 Å². The van der Waals surface area contributed by atoms with Crippen molar-refractivity contribution in [3.63, 3.8) is 0 Å². The Bertz CT molecular complexity index is 808. The Labute approximate surface area is 166 Å². The molecule has 9 heteroatoms. The second-order valence-corrected chi connectivity index (χ2v) is 9.24. The third-order valence-corrected chi connectivity index (χ3v) is 7.28. The number of anilines is 1. The summed E-state index contributed by atoms with van der Waals surface area (Å²) in [6.45, 7) is 9.06.